The predicted molar refractivity (Wildman–Crippen MR) is 105 cm³/mol. The van der Waals surface area contributed by atoms with Crippen molar-refractivity contribution in [1.29, 1.82) is 0 Å². The summed E-state index contributed by atoms with van der Waals surface area (Å²) in [6, 6.07) is 16.7. The third kappa shape index (κ3) is 4.85. The van der Waals surface area contributed by atoms with Crippen molar-refractivity contribution in [2.24, 2.45) is 0 Å². The molecule has 5 nitrogen and oxygen atoms in total. The molecule has 0 unspecified atom stereocenters. The van der Waals surface area contributed by atoms with Gasteiger partial charge in [-0.1, -0.05) is 25.1 Å². The number of aromatic nitrogens is 1. The molecule has 5 heteroatoms. The minimum Gasteiger partial charge on any atom is -0.493 e. The maximum atomic E-state index is 12.5. The first-order valence-corrected chi connectivity index (χ1v) is 8.79. The molecule has 0 aliphatic carbocycles. The molecule has 27 heavy (non-hydrogen) atoms. The molecule has 0 spiro atoms. The summed E-state index contributed by atoms with van der Waals surface area (Å²) in [5.74, 6) is 0.991. The summed E-state index contributed by atoms with van der Waals surface area (Å²) in [5.41, 5.74) is 3.40. The number of nitrogens with one attached hydrogen (secondary N) is 1. The van der Waals surface area contributed by atoms with E-state index in [1.807, 2.05) is 36.4 Å². The fourth-order valence-electron chi connectivity index (χ4n) is 2.61. The second-order valence-corrected chi connectivity index (χ2v) is 6.02. The first kappa shape index (κ1) is 18.5. The summed E-state index contributed by atoms with van der Waals surface area (Å²) < 4.78 is 11.2. The zero-order valence-corrected chi connectivity index (χ0v) is 15.4. The van der Waals surface area contributed by atoms with E-state index in [1.54, 1.807) is 37.7 Å². The number of hydrogen-bond acceptors (Lipinski definition) is 4. The van der Waals surface area contributed by atoms with Crippen molar-refractivity contribution in [3.63, 3.8) is 0 Å². The minimum atomic E-state index is -0.166. The molecule has 0 fully saturated rings. The van der Waals surface area contributed by atoms with Crippen molar-refractivity contribution in [2.45, 2.75) is 20.0 Å². The second-order valence-electron chi connectivity index (χ2n) is 6.02. The first-order valence-electron chi connectivity index (χ1n) is 8.79. The quantitative estimate of drug-likeness (QED) is 0.673. The van der Waals surface area contributed by atoms with Crippen molar-refractivity contribution in [3.8, 4) is 11.5 Å². The van der Waals surface area contributed by atoms with Crippen molar-refractivity contribution >= 4 is 11.6 Å². The van der Waals surface area contributed by atoms with Crippen LogP contribution in [-0.4, -0.2) is 18.0 Å². The maximum Gasteiger partial charge on any atom is 0.255 e. The van der Waals surface area contributed by atoms with Gasteiger partial charge in [0, 0.05) is 35.3 Å². The normalized spacial score (nSPS) is 10.3. The molecule has 3 aromatic rings. The Morgan fingerprint density at radius 2 is 1.85 bits per heavy atom. The van der Waals surface area contributed by atoms with Crippen LogP contribution in [0, 0.1) is 0 Å². The number of rotatable bonds is 7. The smallest absolute Gasteiger partial charge is 0.255 e. The monoisotopic (exact) mass is 362 g/mol. The molecule has 138 valence electrons. The summed E-state index contributed by atoms with van der Waals surface area (Å²) in [4.78, 5) is 16.5. The largest absolute Gasteiger partial charge is 0.493 e. The Kier molecular flexibility index (Phi) is 6.05. The van der Waals surface area contributed by atoms with Crippen LogP contribution < -0.4 is 14.8 Å². The molecule has 0 bridgehead atoms. The predicted octanol–water partition coefficient (Wildman–Crippen LogP) is 4.48. The standard InChI is InChI=1S/C22H22N2O3/c1-3-16-6-8-18(9-7-16)22(25)24-19-10-11-20(26-2)21(13-19)27-15-17-5-4-12-23-14-17/h4-14H,3,15H2,1-2H3,(H,24,25). The van der Waals surface area contributed by atoms with Gasteiger partial charge in [-0.2, -0.15) is 0 Å². The van der Waals surface area contributed by atoms with E-state index < -0.39 is 0 Å². The van der Waals surface area contributed by atoms with Gasteiger partial charge in [-0.05, 0) is 42.3 Å². The molecule has 0 radical (unpaired) electrons. The SMILES string of the molecule is CCc1ccc(C(=O)Nc2ccc(OC)c(OCc3cccnc3)c2)cc1. The van der Waals surface area contributed by atoms with Gasteiger partial charge < -0.3 is 14.8 Å². The van der Waals surface area contributed by atoms with E-state index in [4.69, 9.17) is 9.47 Å². The second kappa shape index (κ2) is 8.85. The van der Waals surface area contributed by atoms with Gasteiger partial charge in [0.15, 0.2) is 11.5 Å². The average Bonchev–Trinajstić information content (AvgIpc) is 2.73. The third-order valence-electron chi connectivity index (χ3n) is 4.16. The van der Waals surface area contributed by atoms with Gasteiger partial charge in [-0.25, -0.2) is 0 Å². The highest BCUT2D eigenvalue weighted by molar-refractivity contribution is 6.04. The molecule has 1 amide bonds. The van der Waals surface area contributed by atoms with E-state index in [1.165, 1.54) is 5.56 Å². The number of ether oxygens (including phenoxy) is 2. The lowest BCUT2D eigenvalue weighted by Crippen LogP contribution is -2.12. The number of benzene rings is 2. The Bertz CT molecular complexity index is 893. The number of aryl methyl sites for hydroxylation is 1. The molecular weight excluding hydrogens is 340 g/mol. The van der Waals surface area contributed by atoms with Crippen LogP contribution in [0.1, 0.15) is 28.4 Å². The number of carbonyl (C=O) groups excluding carboxylic acids is 1. The van der Waals surface area contributed by atoms with Crippen LogP contribution in [0.3, 0.4) is 0 Å². The van der Waals surface area contributed by atoms with Crippen LogP contribution >= 0.6 is 0 Å². The number of hydrogen-bond donors (Lipinski definition) is 1. The average molecular weight is 362 g/mol. The summed E-state index contributed by atoms with van der Waals surface area (Å²) in [6.07, 6.45) is 4.41. The first-order chi connectivity index (χ1) is 13.2. The molecule has 0 atom stereocenters. The molecule has 0 saturated carbocycles. The topological polar surface area (TPSA) is 60.5 Å². The Morgan fingerprint density at radius 3 is 2.52 bits per heavy atom. The van der Waals surface area contributed by atoms with Crippen molar-refractivity contribution in [1.82, 2.24) is 4.98 Å². The highest BCUT2D eigenvalue weighted by Gasteiger charge is 2.10. The molecule has 1 N–H and O–H groups in total. The fraction of sp³-hybridized carbons (Fsp3) is 0.182. The number of methoxy groups -OCH3 is 1. The number of pyridine rings is 1. The lowest BCUT2D eigenvalue weighted by molar-refractivity contribution is 0.102. The molecule has 2 aromatic carbocycles. The lowest BCUT2D eigenvalue weighted by atomic mass is 10.1. The summed E-state index contributed by atoms with van der Waals surface area (Å²) in [5, 5.41) is 2.90. The van der Waals surface area contributed by atoms with Gasteiger partial charge in [0.2, 0.25) is 0 Å². The van der Waals surface area contributed by atoms with Crippen molar-refractivity contribution in [3.05, 3.63) is 83.7 Å². The minimum absolute atomic E-state index is 0.166. The Balaban J connectivity index is 1.72. The Morgan fingerprint density at radius 1 is 1.04 bits per heavy atom. The fourth-order valence-corrected chi connectivity index (χ4v) is 2.61. The molecule has 0 aliphatic heterocycles. The van der Waals surface area contributed by atoms with Crippen LogP contribution in [0.5, 0.6) is 11.5 Å². The van der Waals surface area contributed by atoms with Gasteiger partial charge in [0.25, 0.3) is 5.91 Å². The van der Waals surface area contributed by atoms with Crippen LogP contribution in [0.4, 0.5) is 5.69 Å². The maximum absolute atomic E-state index is 12.5. The highest BCUT2D eigenvalue weighted by Crippen LogP contribution is 2.31. The molecule has 1 aromatic heterocycles. The van der Waals surface area contributed by atoms with Crippen molar-refractivity contribution < 1.29 is 14.3 Å². The van der Waals surface area contributed by atoms with Crippen molar-refractivity contribution in [2.75, 3.05) is 12.4 Å². The van der Waals surface area contributed by atoms with E-state index >= 15 is 0 Å². The lowest BCUT2D eigenvalue weighted by Gasteiger charge is -2.13. The molecular formula is C22H22N2O3. The number of nitrogens with zero attached hydrogens (tertiary/aromatic N) is 1. The number of amides is 1. The number of anilines is 1. The van der Waals surface area contributed by atoms with Crippen LogP contribution in [0.25, 0.3) is 0 Å². The van der Waals surface area contributed by atoms with E-state index in [2.05, 4.69) is 17.2 Å². The molecule has 0 aliphatic rings. The van der Waals surface area contributed by atoms with Gasteiger partial charge >= 0.3 is 0 Å². The van der Waals surface area contributed by atoms with Crippen LogP contribution in [0.15, 0.2) is 67.0 Å². The van der Waals surface area contributed by atoms with E-state index in [9.17, 15) is 4.79 Å². The molecule has 0 saturated heterocycles. The Hall–Kier alpha value is -3.34. The van der Waals surface area contributed by atoms with E-state index in [0.717, 1.165) is 12.0 Å². The van der Waals surface area contributed by atoms with E-state index in [-0.39, 0.29) is 5.91 Å². The van der Waals surface area contributed by atoms with Gasteiger partial charge in [0.05, 0.1) is 7.11 Å². The van der Waals surface area contributed by atoms with E-state index in [0.29, 0.717) is 29.4 Å². The summed E-state index contributed by atoms with van der Waals surface area (Å²) in [6.45, 7) is 2.44. The number of carbonyl (C=O) groups is 1. The third-order valence-corrected chi connectivity index (χ3v) is 4.16. The van der Waals surface area contributed by atoms with Gasteiger partial charge in [0.1, 0.15) is 6.61 Å². The summed E-state index contributed by atoms with van der Waals surface area (Å²) >= 11 is 0. The molecule has 3 rings (SSSR count). The highest BCUT2D eigenvalue weighted by atomic mass is 16.5. The van der Waals surface area contributed by atoms with Crippen LogP contribution in [-0.2, 0) is 13.0 Å². The van der Waals surface area contributed by atoms with Gasteiger partial charge in [-0.15, -0.1) is 0 Å². The Labute approximate surface area is 159 Å². The zero-order chi connectivity index (χ0) is 19.1. The van der Waals surface area contributed by atoms with Crippen LogP contribution in [0.2, 0.25) is 0 Å². The van der Waals surface area contributed by atoms with Gasteiger partial charge in [-0.3, -0.25) is 9.78 Å². The zero-order valence-electron chi connectivity index (χ0n) is 15.4. The summed E-state index contributed by atoms with van der Waals surface area (Å²) in [7, 11) is 1.58. The molecule has 1 heterocycles.